The van der Waals surface area contributed by atoms with Crippen LogP contribution in [0.25, 0.3) is 0 Å². The van der Waals surface area contributed by atoms with Gasteiger partial charge in [0.25, 0.3) is 11.8 Å². The van der Waals surface area contributed by atoms with E-state index in [0.717, 1.165) is 9.87 Å². The van der Waals surface area contributed by atoms with Crippen molar-refractivity contribution in [2.24, 2.45) is 0 Å². The first kappa shape index (κ1) is 20.8. The van der Waals surface area contributed by atoms with Gasteiger partial charge in [-0.25, -0.2) is 0 Å². The summed E-state index contributed by atoms with van der Waals surface area (Å²) in [6.07, 6.45) is 0. The van der Waals surface area contributed by atoms with Crippen molar-refractivity contribution in [3.63, 3.8) is 0 Å². The van der Waals surface area contributed by atoms with Crippen LogP contribution < -0.4 is 8.61 Å². The van der Waals surface area contributed by atoms with Gasteiger partial charge in [0.1, 0.15) is 0 Å². The van der Waals surface area contributed by atoms with Crippen molar-refractivity contribution in [2.75, 3.05) is 8.61 Å². The lowest BCUT2D eigenvalue weighted by molar-refractivity contribution is 0.100. The molecule has 6 nitrogen and oxygen atoms in total. The van der Waals surface area contributed by atoms with E-state index in [1.165, 1.54) is 0 Å². The van der Waals surface area contributed by atoms with Gasteiger partial charge in [0, 0.05) is 11.1 Å². The largest absolute Gasteiger partial charge is 0.340 e. The third-order valence-electron chi connectivity index (χ3n) is 5.15. The van der Waals surface area contributed by atoms with Crippen LogP contribution in [-0.4, -0.2) is 20.2 Å². The molecule has 0 aromatic heterocycles. The minimum absolute atomic E-state index is 0.158. The number of benzene rings is 3. The van der Waals surface area contributed by atoms with Crippen molar-refractivity contribution in [3.8, 4) is 0 Å². The van der Waals surface area contributed by atoms with Crippen molar-refractivity contribution in [3.05, 3.63) is 95.6 Å². The highest BCUT2D eigenvalue weighted by Gasteiger charge is 2.48. The molecule has 0 fully saturated rings. The Balaban J connectivity index is 1.93. The summed E-state index contributed by atoms with van der Waals surface area (Å²) in [6.45, 7) is 5.98. The molecule has 2 amide bonds. The van der Waals surface area contributed by atoms with E-state index in [2.05, 4.69) is 0 Å². The lowest BCUT2D eigenvalue weighted by Crippen LogP contribution is -2.44. The molecule has 1 aliphatic heterocycles. The van der Waals surface area contributed by atoms with Crippen LogP contribution in [-0.2, 0) is 15.6 Å². The summed E-state index contributed by atoms with van der Waals surface area (Å²) < 4.78 is 28.5. The van der Waals surface area contributed by atoms with Crippen LogP contribution in [0.4, 0.5) is 11.4 Å². The first-order valence-corrected chi connectivity index (χ1v) is 11.2. The lowest BCUT2D eigenvalue weighted by Gasteiger charge is -2.21. The number of carbonyl (C=O) groups excluding carboxylic acids is 2. The number of nitrogens with zero attached hydrogens (tertiary/aromatic N) is 2. The Hall–Kier alpha value is -3.45. The molecule has 1 heterocycles. The number of anilines is 2. The predicted octanol–water partition coefficient (Wildman–Crippen LogP) is 4.54. The van der Waals surface area contributed by atoms with E-state index in [1.54, 1.807) is 78.9 Å². The maximum Gasteiger partial charge on any atom is 0.340 e. The molecule has 0 saturated heterocycles. The lowest BCUT2D eigenvalue weighted by atomic mass is 9.86. The van der Waals surface area contributed by atoms with Crippen LogP contribution >= 0.6 is 0 Å². The fraction of sp³-hybridized carbons (Fsp3) is 0.167. The Bertz CT molecular complexity index is 1260. The van der Waals surface area contributed by atoms with Crippen molar-refractivity contribution in [1.82, 2.24) is 0 Å². The van der Waals surface area contributed by atoms with E-state index in [1.807, 2.05) is 20.8 Å². The van der Waals surface area contributed by atoms with Crippen LogP contribution in [0.3, 0.4) is 0 Å². The second kappa shape index (κ2) is 7.35. The third-order valence-corrected chi connectivity index (χ3v) is 6.80. The molecule has 0 N–H and O–H groups in total. The van der Waals surface area contributed by atoms with Gasteiger partial charge < -0.3 is 0 Å². The molecule has 0 unspecified atom stereocenters. The first-order chi connectivity index (χ1) is 14.6. The molecule has 0 atom stereocenters. The van der Waals surface area contributed by atoms with Crippen molar-refractivity contribution in [2.45, 2.75) is 26.2 Å². The summed E-state index contributed by atoms with van der Waals surface area (Å²) in [7, 11) is -4.48. The molecule has 0 spiro atoms. The number of rotatable bonds is 2. The summed E-state index contributed by atoms with van der Waals surface area (Å²) in [6, 6.07) is 21.4. The van der Waals surface area contributed by atoms with Crippen molar-refractivity contribution >= 4 is 33.4 Å². The number of carbonyl (C=O) groups is 2. The minimum Gasteiger partial charge on any atom is -0.268 e. The van der Waals surface area contributed by atoms with Gasteiger partial charge in [-0.3, -0.25) is 9.59 Å². The number of fused-ring (bicyclic) bond motifs is 1. The average molecular weight is 435 g/mol. The number of hydrogen-bond donors (Lipinski definition) is 0. The zero-order valence-corrected chi connectivity index (χ0v) is 18.3. The molecular formula is C24H22N2O4S. The maximum atomic E-state index is 13.6. The van der Waals surface area contributed by atoms with Crippen LogP contribution in [0.1, 0.15) is 47.1 Å². The zero-order valence-electron chi connectivity index (χ0n) is 17.4. The van der Waals surface area contributed by atoms with E-state index in [-0.39, 0.29) is 27.9 Å². The molecule has 3 aromatic carbocycles. The highest BCUT2D eigenvalue weighted by Crippen LogP contribution is 2.44. The summed E-state index contributed by atoms with van der Waals surface area (Å²) in [5.41, 5.74) is 1.33. The van der Waals surface area contributed by atoms with E-state index >= 15 is 0 Å². The number of amides is 2. The van der Waals surface area contributed by atoms with Gasteiger partial charge in [-0.05, 0) is 47.4 Å². The first-order valence-electron chi connectivity index (χ1n) is 9.81. The van der Waals surface area contributed by atoms with Crippen molar-refractivity contribution < 1.29 is 18.0 Å². The van der Waals surface area contributed by atoms with Gasteiger partial charge in [-0.15, -0.1) is 0 Å². The smallest absolute Gasteiger partial charge is 0.268 e. The topological polar surface area (TPSA) is 74.8 Å². The SMILES string of the molecule is CC(C)(C)c1ccc2c(c1)N(C(=O)c1ccccc1)S(=O)(=O)N2C(=O)c1ccccc1. The van der Waals surface area contributed by atoms with Crippen LogP contribution in [0, 0.1) is 0 Å². The molecule has 1 aliphatic rings. The quantitative estimate of drug-likeness (QED) is 0.594. The summed E-state index contributed by atoms with van der Waals surface area (Å²) in [4.78, 5) is 26.5. The fourth-order valence-corrected chi connectivity index (χ4v) is 5.07. The summed E-state index contributed by atoms with van der Waals surface area (Å²) in [5.74, 6) is -1.43. The monoisotopic (exact) mass is 434 g/mol. The molecule has 7 heteroatoms. The average Bonchev–Trinajstić information content (AvgIpc) is 2.98. The standard InChI is InChI=1S/C24H22N2O4S/c1-24(2,3)19-14-15-20-21(16-19)26(23(28)18-12-8-5-9-13-18)31(29,30)25(20)22(27)17-10-6-4-7-11-17/h4-16H,1-3H3. The van der Waals surface area contributed by atoms with Gasteiger partial charge in [0.15, 0.2) is 0 Å². The number of hydrogen-bond acceptors (Lipinski definition) is 4. The zero-order chi connectivity index (χ0) is 22.4. The molecule has 0 radical (unpaired) electrons. The Kier molecular flexibility index (Phi) is 4.94. The molecule has 0 saturated carbocycles. The molecule has 158 valence electrons. The van der Waals surface area contributed by atoms with Gasteiger partial charge in [0.05, 0.1) is 11.4 Å². The Labute approximate surface area is 181 Å². The van der Waals surface area contributed by atoms with Gasteiger partial charge in [-0.2, -0.15) is 17.0 Å². The third kappa shape index (κ3) is 3.51. The Morgan fingerprint density at radius 3 is 1.58 bits per heavy atom. The highest BCUT2D eigenvalue weighted by molar-refractivity contribution is 7.96. The molecule has 0 aliphatic carbocycles. The van der Waals surface area contributed by atoms with E-state index in [4.69, 9.17) is 0 Å². The van der Waals surface area contributed by atoms with E-state index < -0.39 is 22.0 Å². The van der Waals surface area contributed by atoms with Gasteiger partial charge in [0.2, 0.25) is 0 Å². The molecule has 3 aromatic rings. The van der Waals surface area contributed by atoms with E-state index in [9.17, 15) is 18.0 Å². The second-order valence-electron chi connectivity index (χ2n) is 8.33. The van der Waals surface area contributed by atoms with Crippen LogP contribution in [0.2, 0.25) is 0 Å². The summed E-state index contributed by atoms with van der Waals surface area (Å²) >= 11 is 0. The normalized spacial score (nSPS) is 14.9. The molecule has 4 rings (SSSR count). The van der Waals surface area contributed by atoms with Crippen molar-refractivity contribution in [1.29, 1.82) is 0 Å². The fourth-order valence-electron chi connectivity index (χ4n) is 3.48. The van der Waals surface area contributed by atoms with Crippen LogP contribution in [0.15, 0.2) is 78.9 Å². The Morgan fingerprint density at radius 1 is 0.677 bits per heavy atom. The summed E-state index contributed by atoms with van der Waals surface area (Å²) in [5, 5.41) is 0. The van der Waals surface area contributed by atoms with Gasteiger partial charge in [-0.1, -0.05) is 63.2 Å². The second-order valence-corrected chi connectivity index (χ2v) is 9.96. The predicted molar refractivity (Wildman–Crippen MR) is 121 cm³/mol. The maximum absolute atomic E-state index is 13.6. The minimum atomic E-state index is -4.48. The molecule has 0 bridgehead atoms. The van der Waals surface area contributed by atoms with Crippen LogP contribution in [0.5, 0.6) is 0 Å². The molecular weight excluding hydrogens is 412 g/mol. The Morgan fingerprint density at radius 2 is 1.13 bits per heavy atom. The highest BCUT2D eigenvalue weighted by atomic mass is 32.2. The van der Waals surface area contributed by atoms with E-state index in [0.29, 0.717) is 4.31 Å². The molecule has 31 heavy (non-hydrogen) atoms. The van der Waals surface area contributed by atoms with Gasteiger partial charge >= 0.3 is 10.2 Å².